The molecule has 0 fully saturated rings. The van der Waals surface area contributed by atoms with Gasteiger partial charge in [-0.1, -0.05) is 0 Å². The fourth-order valence-corrected chi connectivity index (χ4v) is 1.85. The van der Waals surface area contributed by atoms with E-state index in [1.54, 1.807) is 0 Å². The van der Waals surface area contributed by atoms with Crippen LogP contribution >= 0.6 is 0 Å². The van der Waals surface area contributed by atoms with Gasteiger partial charge in [0.1, 0.15) is 18.3 Å². The molecule has 0 saturated heterocycles. The van der Waals surface area contributed by atoms with Crippen LogP contribution in [0.5, 0.6) is 0 Å². The Morgan fingerprint density at radius 3 is 2.91 bits per heavy atom. The van der Waals surface area contributed by atoms with Gasteiger partial charge in [0.25, 0.3) is 11.6 Å². The number of nitrogens with zero attached hydrogens (tertiary/aromatic N) is 4. The molecule has 116 valence electrons. The molecule has 0 radical (unpaired) electrons. The monoisotopic (exact) mass is 304 g/mol. The Morgan fingerprint density at radius 2 is 2.32 bits per heavy atom. The standard InChI is InChI=1S/C13H16N6O3/c1-9(14)4-5-16-13(20)10-2-3-11(12(6-10)19(21)22)18-8-15-7-17-18/h2-3,6-9H,4-5,14H2,1H3,(H,16,20). The molecule has 9 nitrogen and oxygen atoms in total. The third-order valence-electron chi connectivity index (χ3n) is 2.99. The fraction of sp³-hybridized carbons (Fsp3) is 0.308. The van der Waals surface area contributed by atoms with Crippen LogP contribution in [0.15, 0.2) is 30.9 Å². The van der Waals surface area contributed by atoms with E-state index in [4.69, 9.17) is 5.73 Å². The van der Waals surface area contributed by atoms with Crippen LogP contribution in [0.3, 0.4) is 0 Å². The second kappa shape index (κ2) is 6.76. The van der Waals surface area contributed by atoms with Gasteiger partial charge in [0, 0.05) is 24.2 Å². The maximum atomic E-state index is 12.0. The third kappa shape index (κ3) is 3.64. The summed E-state index contributed by atoms with van der Waals surface area (Å²) < 4.78 is 1.27. The lowest BCUT2D eigenvalue weighted by Gasteiger charge is -2.08. The van der Waals surface area contributed by atoms with Crippen molar-refractivity contribution in [1.29, 1.82) is 0 Å². The summed E-state index contributed by atoms with van der Waals surface area (Å²) in [6.07, 6.45) is 3.26. The SMILES string of the molecule is CC(N)CCNC(=O)c1ccc(-n2cncn2)c([N+](=O)[O-])c1. The van der Waals surface area contributed by atoms with Crippen molar-refractivity contribution in [2.24, 2.45) is 5.73 Å². The van der Waals surface area contributed by atoms with Crippen LogP contribution in [-0.4, -0.2) is 38.2 Å². The molecule has 0 spiro atoms. The molecule has 0 aliphatic rings. The van der Waals surface area contributed by atoms with E-state index in [9.17, 15) is 14.9 Å². The largest absolute Gasteiger partial charge is 0.352 e. The summed E-state index contributed by atoms with van der Waals surface area (Å²) in [5.74, 6) is -0.381. The number of nitro benzene ring substituents is 1. The first-order valence-corrected chi connectivity index (χ1v) is 6.66. The molecule has 0 saturated carbocycles. The molecule has 1 heterocycles. The summed E-state index contributed by atoms with van der Waals surface area (Å²) in [7, 11) is 0. The van der Waals surface area contributed by atoms with Gasteiger partial charge in [0.15, 0.2) is 0 Å². The minimum atomic E-state index is -0.560. The predicted octanol–water partition coefficient (Wildman–Crippen LogP) is 0.643. The maximum Gasteiger partial charge on any atom is 0.295 e. The quantitative estimate of drug-likeness (QED) is 0.595. The van der Waals surface area contributed by atoms with Crippen LogP contribution in [0.4, 0.5) is 5.69 Å². The van der Waals surface area contributed by atoms with Crippen molar-refractivity contribution >= 4 is 11.6 Å². The molecule has 1 atom stereocenters. The van der Waals surface area contributed by atoms with Gasteiger partial charge in [-0.3, -0.25) is 14.9 Å². The molecule has 1 aromatic carbocycles. The number of carbonyl (C=O) groups is 1. The molecule has 0 aliphatic carbocycles. The number of hydrogen-bond acceptors (Lipinski definition) is 6. The van der Waals surface area contributed by atoms with Crippen LogP contribution in [0.25, 0.3) is 5.69 Å². The molecule has 3 N–H and O–H groups in total. The highest BCUT2D eigenvalue weighted by Crippen LogP contribution is 2.23. The minimum absolute atomic E-state index is 0.0238. The Kier molecular flexibility index (Phi) is 4.79. The van der Waals surface area contributed by atoms with Gasteiger partial charge in [0.2, 0.25) is 0 Å². The summed E-state index contributed by atoms with van der Waals surface area (Å²) in [6.45, 7) is 2.25. The molecule has 2 rings (SSSR count). The van der Waals surface area contributed by atoms with Crippen LogP contribution in [0.2, 0.25) is 0 Å². The number of aromatic nitrogens is 3. The van der Waals surface area contributed by atoms with Crippen molar-refractivity contribution < 1.29 is 9.72 Å². The van der Waals surface area contributed by atoms with Crippen molar-refractivity contribution in [3.8, 4) is 5.69 Å². The van der Waals surface area contributed by atoms with Gasteiger partial charge in [-0.25, -0.2) is 9.67 Å². The van der Waals surface area contributed by atoms with Gasteiger partial charge in [-0.05, 0) is 25.5 Å². The summed E-state index contributed by atoms with van der Waals surface area (Å²) in [4.78, 5) is 26.4. The normalized spacial score (nSPS) is 11.9. The Labute approximate surface area is 126 Å². The van der Waals surface area contributed by atoms with Crippen LogP contribution < -0.4 is 11.1 Å². The van der Waals surface area contributed by atoms with Crippen LogP contribution in [-0.2, 0) is 0 Å². The maximum absolute atomic E-state index is 12.0. The van der Waals surface area contributed by atoms with Gasteiger partial charge >= 0.3 is 0 Å². The van der Waals surface area contributed by atoms with Crippen molar-refractivity contribution in [3.63, 3.8) is 0 Å². The van der Waals surface area contributed by atoms with Gasteiger partial charge < -0.3 is 11.1 Å². The average Bonchev–Trinajstić information content (AvgIpc) is 3.00. The number of rotatable bonds is 6. The first kappa shape index (κ1) is 15.6. The molecule has 1 aromatic heterocycles. The van der Waals surface area contributed by atoms with E-state index in [-0.39, 0.29) is 28.9 Å². The third-order valence-corrected chi connectivity index (χ3v) is 2.99. The van der Waals surface area contributed by atoms with Crippen molar-refractivity contribution in [3.05, 3.63) is 46.5 Å². The molecule has 2 aromatic rings. The number of carbonyl (C=O) groups excluding carboxylic acids is 1. The lowest BCUT2D eigenvalue weighted by Crippen LogP contribution is -2.29. The van der Waals surface area contributed by atoms with Gasteiger partial charge in [0.05, 0.1) is 4.92 Å². The van der Waals surface area contributed by atoms with Gasteiger partial charge in [-0.15, -0.1) is 0 Å². The molecule has 1 amide bonds. The number of nitro groups is 1. The second-order valence-corrected chi connectivity index (χ2v) is 4.82. The molecular formula is C13H16N6O3. The lowest BCUT2D eigenvalue weighted by molar-refractivity contribution is -0.384. The molecule has 9 heteroatoms. The van der Waals surface area contributed by atoms with Crippen molar-refractivity contribution in [2.75, 3.05) is 6.54 Å². The number of nitrogens with one attached hydrogen (secondary N) is 1. The van der Waals surface area contributed by atoms with Gasteiger partial charge in [-0.2, -0.15) is 5.10 Å². The van der Waals surface area contributed by atoms with Crippen molar-refractivity contribution in [2.45, 2.75) is 19.4 Å². The van der Waals surface area contributed by atoms with Crippen LogP contribution in [0, 0.1) is 10.1 Å². The molecule has 0 aliphatic heterocycles. The fourth-order valence-electron chi connectivity index (χ4n) is 1.85. The highest BCUT2D eigenvalue weighted by Gasteiger charge is 2.19. The van der Waals surface area contributed by atoms with Crippen molar-refractivity contribution in [1.82, 2.24) is 20.1 Å². The van der Waals surface area contributed by atoms with E-state index in [2.05, 4.69) is 15.4 Å². The first-order chi connectivity index (χ1) is 10.5. The lowest BCUT2D eigenvalue weighted by atomic mass is 10.1. The highest BCUT2D eigenvalue weighted by molar-refractivity contribution is 5.95. The Balaban J connectivity index is 2.22. The molecule has 22 heavy (non-hydrogen) atoms. The summed E-state index contributed by atoms with van der Waals surface area (Å²) in [6, 6.07) is 4.17. The molecule has 1 unspecified atom stereocenters. The van der Waals surface area contributed by atoms with E-state index in [0.29, 0.717) is 13.0 Å². The molecular weight excluding hydrogens is 288 g/mol. The predicted molar refractivity (Wildman–Crippen MR) is 78.6 cm³/mol. The Bertz CT molecular complexity index is 668. The number of nitrogens with two attached hydrogens (primary N) is 1. The minimum Gasteiger partial charge on any atom is -0.352 e. The van der Waals surface area contributed by atoms with E-state index in [0.717, 1.165) is 0 Å². The first-order valence-electron chi connectivity index (χ1n) is 6.66. The van der Waals surface area contributed by atoms with Crippen LogP contribution in [0.1, 0.15) is 23.7 Å². The number of hydrogen-bond donors (Lipinski definition) is 2. The zero-order valence-corrected chi connectivity index (χ0v) is 12.0. The zero-order chi connectivity index (χ0) is 16.1. The highest BCUT2D eigenvalue weighted by atomic mass is 16.6. The van der Waals surface area contributed by atoms with E-state index in [1.165, 1.54) is 35.5 Å². The number of amides is 1. The molecule has 0 bridgehead atoms. The summed E-state index contributed by atoms with van der Waals surface area (Å²) >= 11 is 0. The second-order valence-electron chi connectivity index (χ2n) is 4.82. The zero-order valence-electron chi connectivity index (χ0n) is 12.0. The van der Waals surface area contributed by atoms with E-state index < -0.39 is 4.92 Å². The summed E-state index contributed by atoms with van der Waals surface area (Å²) in [5.41, 5.74) is 5.84. The smallest absolute Gasteiger partial charge is 0.295 e. The average molecular weight is 304 g/mol. The topological polar surface area (TPSA) is 129 Å². The Morgan fingerprint density at radius 1 is 1.55 bits per heavy atom. The van der Waals surface area contributed by atoms with E-state index in [1.807, 2.05) is 6.92 Å². The summed E-state index contributed by atoms with van der Waals surface area (Å²) in [5, 5.41) is 17.7. The Hall–Kier alpha value is -2.81. The van der Waals surface area contributed by atoms with E-state index >= 15 is 0 Å². The number of benzene rings is 1.